The summed E-state index contributed by atoms with van der Waals surface area (Å²) in [7, 11) is 0. The fourth-order valence-corrected chi connectivity index (χ4v) is 1.60. The van der Waals surface area contributed by atoms with E-state index in [1.807, 2.05) is 13.8 Å². The van der Waals surface area contributed by atoms with Gasteiger partial charge < -0.3 is 15.5 Å². The summed E-state index contributed by atoms with van der Waals surface area (Å²) in [5.41, 5.74) is -0.239. The van der Waals surface area contributed by atoms with Crippen LogP contribution >= 0.6 is 0 Å². The van der Waals surface area contributed by atoms with Crippen LogP contribution in [0.25, 0.3) is 0 Å². The molecule has 0 radical (unpaired) electrons. The molecule has 0 amide bonds. The van der Waals surface area contributed by atoms with Crippen molar-refractivity contribution < 1.29 is 10.2 Å². The number of unbranched alkanes of at least 4 members (excludes halogenated alkanes) is 2. The molecule has 0 aliphatic heterocycles. The lowest BCUT2D eigenvalue weighted by Gasteiger charge is -2.31. The number of hydrogen-bond donors (Lipinski definition) is 3. The fraction of sp³-hybridized carbons (Fsp3) is 1.00. The van der Waals surface area contributed by atoms with Crippen molar-refractivity contribution in [2.24, 2.45) is 0 Å². The van der Waals surface area contributed by atoms with Gasteiger partial charge in [-0.25, -0.2) is 0 Å². The Morgan fingerprint density at radius 2 is 1.93 bits per heavy atom. The normalized spacial score (nSPS) is 17.8. The first-order valence-corrected chi connectivity index (χ1v) is 5.57. The molecular formula is C11H25NO2. The van der Waals surface area contributed by atoms with E-state index in [2.05, 4.69) is 12.2 Å². The van der Waals surface area contributed by atoms with Gasteiger partial charge in [0.05, 0.1) is 13.2 Å². The van der Waals surface area contributed by atoms with Crippen molar-refractivity contribution in [1.29, 1.82) is 0 Å². The fourth-order valence-electron chi connectivity index (χ4n) is 1.60. The van der Waals surface area contributed by atoms with E-state index in [0.717, 1.165) is 12.8 Å². The smallest absolute Gasteiger partial charge is 0.0610 e. The van der Waals surface area contributed by atoms with E-state index in [9.17, 15) is 5.11 Å². The summed E-state index contributed by atoms with van der Waals surface area (Å²) in [6.07, 6.45) is 4.47. The lowest BCUT2D eigenvalue weighted by Crippen LogP contribution is -2.51. The van der Waals surface area contributed by atoms with Crippen LogP contribution in [-0.2, 0) is 0 Å². The van der Waals surface area contributed by atoms with Crippen LogP contribution in [0.3, 0.4) is 0 Å². The lowest BCUT2D eigenvalue weighted by molar-refractivity contribution is 0.133. The zero-order valence-corrected chi connectivity index (χ0v) is 9.71. The number of nitrogens with one attached hydrogen (secondary N) is 1. The third-order valence-corrected chi connectivity index (χ3v) is 2.55. The molecule has 3 heteroatoms. The summed E-state index contributed by atoms with van der Waals surface area (Å²) in [6, 6.07) is 0.0498. The van der Waals surface area contributed by atoms with E-state index in [4.69, 9.17) is 5.11 Å². The van der Waals surface area contributed by atoms with Gasteiger partial charge in [-0.15, -0.1) is 0 Å². The predicted octanol–water partition coefficient (Wildman–Crippen LogP) is 1.29. The van der Waals surface area contributed by atoms with Crippen molar-refractivity contribution in [2.75, 3.05) is 13.2 Å². The van der Waals surface area contributed by atoms with Gasteiger partial charge in [-0.05, 0) is 20.3 Å². The number of hydrogen-bond acceptors (Lipinski definition) is 3. The van der Waals surface area contributed by atoms with Crippen LogP contribution in [0.2, 0.25) is 0 Å². The Morgan fingerprint density at radius 1 is 1.29 bits per heavy atom. The highest BCUT2D eigenvalue weighted by atomic mass is 16.3. The standard InChI is InChI=1S/C11H25NO2/c1-4-5-6-7-11(3,9-14)12-10(2)8-13/h10,12-14H,4-9H2,1-3H3/t10-,11-/m1/s1. The molecule has 0 saturated carbocycles. The highest BCUT2D eigenvalue weighted by Gasteiger charge is 2.23. The molecular weight excluding hydrogens is 178 g/mol. The number of rotatable bonds is 8. The molecule has 14 heavy (non-hydrogen) atoms. The van der Waals surface area contributed by atoms with Gasteiger partial charge in [0.25, 0.3) is 0 Å². The van der Waals surface area contributed by atoms with Crippen molar-refractivity contribution >= 4 is 0 Å². The van der Waals surface area contributed by atoms with E-state index < -0.39 is 0 Å². The van der Waals surface area contributed by atoms with Gasteiger partial charge in [-0.3, -0.25) is 0 Å². The van der Waals surface area contributed by atoms with Crippen LogP contribution in [0.4, 0.5) is 0 Å². The number of aliphatic hydroxyl groups is 2. The zero-order chi connectivity index (χ0) is 11.0. The van der Waals surface area contributed by atoms with E-state index >= 15 is 0 Å². The Kier molecular flexibility index (Phi) is 7.15. The second-order valence-electron chi connectivity index (χ2n) is 4.40. The molecule has 86 valence electrons. The monoisotopic (exact) mass is 203 g/mol. The molecule has 2 atom stereocenters. The van der Waals surface area contributed by atoms with Gasteiger partial charge in [0, 0.05) is 11.6 Å². The van der Waals surface area contributed by atoms with Gasteiger partial charge in [-0.2, -0.15) is 0 Å². The SMILES string of the molecule is CCCCC[C@](C)(CO)N[C@H](C)CO. The molecule has 3 N–H and O–H groups in total. The van der Waals surface area contributed by atoms with Crippen LogP contribution < -0.4 is 5.32 Å². The molecule has 0 aromatic carbocycles. The third kappa shape index (κ3) is 5.58. The van der Waals surface area contributed by atoms with E-state index in [1.54, 1.807) is 0 Å². The molecule has 0 bridgehead atoms. The van der Waals surface area contributed by atoms with Crippen molar-refractivity contribution in [2.45, 2.75) is 58.0 Å². The van der Waals surface area contributed by atoms with Crippen LogP contribution in [0.15, 0.2) is 0 Å². The van der Waals surface area contributed by atoms with Crippen molar-refractivity contribution in [3.05, 3.63) is 0 Å². The summed E-state index contributed by atoms with van der Waals surface area (Å²) in [5, 5.41) is 21.5. The maximum Gasteiger partial charge on any atom is 0.0610 e. The molecule has 0 rings (SSSR count). The van der Waals surface area contributed by atoms with Gasteiger partial charge >= 0.3 is 0 Å². The Balaban J connectivity index is 3.90. The Morgan fingerprint density at radius 3 is 2.36 bits per heavy atom. The van der Waals surface area contributed by atoms with E-state index in [-0.39, 0.29) is 24.8 Å². The van der Waals surface area contributed by atoms with Gasteiger partial charge in [0.2, 0.25) is 0 Å². The largest absolute Gasteiger partial charge is 0.395 e. The molecule has 0 spiro atoms. The third-order valence-electron chi connectivity index (χ3n) is 2.55. The molecule has 0 fully saturated rings. The Hall–Kier alpha value is -0.120. The molecule has 0 aliphatic carbocycles. The average molecular weight is 203 g/mol. The first-order valence-electron chi connectivity index (χ1n) is 5.57. The lowest BCUT2D eigenvalue weighted by atomic mass is 9.94. The Labute approximate surface area is 87.5 Å². The van der Waals surface area contributed by atoms with Crippen molar-refractivity contribution in [3.8, 4) is 0 Å². The van der Waals surface area contributed by atoms with E-state index in [1.165, 1.54) is 12.8 Å². The van der Waals surface area contributed by atoms with Gasteiger partial charge in [0.1, 0.15) is 0 Å². The van der Waals surface area contributed by atoms with Crippen molar-refractivity contribution in [3.63, 3.8) is 0 Å². The molecule has 3 nitrogen and oxygen atoms in total. The minimum absolute atomic E-state index is 0.0498. The first-order chi connectivity index (χ1) is 6.58. The first kappa shape index (κ1) is 13.9. The maximum atomic E-state index is 9.28. The molecule has 0 heterocycles. The highest BCUT2D eigenvalue weighted by Crippen LogP contribution is 2.14. The minimum atomic E-state index is -0.239. The van der Waals surface area contributed by atoms with Crippen LogP contribution in [0, 0.1) is 0 Å². The summed E-state index contributed by atoms with van der Waals surface area (Å²) in [5.74, 6) is 0. The molecule has 0 aromatic heterocycles. The quantitative estimate of drug-likeness (QED) is 0.521. The van der Waals surface area contributed by atoms with Crippen LogP contribution in [-0.4, -0.2) is 35.0 Å². The summed E-state index contributed by atoms with van der Waals surface area (Å²) in [6.45, 7) is 6.34. The van der Waals surface area contributed by atoms with Crippen LogP contribution in [0.1, 0.15) is 46.5 Å². The topological polar surface area (TPSA) is 52.5 Å². The molecule has 0 aromatic rings. The summed E-state index contributed by atoms with van der Waals surface area (Å²) >= 11 is 0. The van der Waals surface area contributed by atoms with E-state index in [0.29, 0.717) is 0 Å². The van der Waals surface area contributed by atoms with Gasteiger partial charge in [0.15, 0.2) is 0 Å². The van der Waals surface area contributed by atoms with Gasteiger partial charge in [-0.1, -0.05) is 26.2 Å². The van der Waals surface area contributed by atoms with Crippen molar-refractivity contribution in [1.82, 2.24) is 5.32 Å². The molecule has 0 saturated heterocycles. The minimum Gasteiger partial charge on any atom is -0.395 e. The Bertz CT molecular complexity index is 141. The van der Waals surface area contributed by atoms with Crippen LogP contribution in [0.5, 0.6) is 0 Å². The molecule has 0 aliphatic rings. The highest BCUT2D eigenvalue weighted by molar-refractivity contribution is 4.84. The summed E-state index contributed by atoms with van der Waals surface area (Å²) in [4.78, 5) is 0. The molecule has 0 unspecified atom stereocenters. The zero-order valence-electron chi connectivity index (χ0n) is 9.71. The average Bonchev–Trinajstić information content (AvgIpc) is 2.18. The summed E-state index contributed by atoms with van der Waals surface area (Å²) < 4.78 is 0. The maximum absolute atomic E-state index is 9.28. The number of aliphatic hydroxyl groups excluding tert-OH is 2. The predicted molar refractivity (Wildman–Crippen MR) is 59.3 cm³/mol. The second kappa shape index (κ2) is 7.21. The second-order valence-corrected chi connectivity index (χ2v) is 4.40.